The van der Waals surface area contributed by atoms with Crippen LogP contribution in [0.1, 0.15) is 49.4 Å². The summed E-state index contributed by atoms with van der Waals surface area (Å²) in [4.78, 5) is 15.0. The summed E-state index contributed by atoms with van der Waals surface area (Å²) in [5.74, 6) is 0.528. The minimum absolute atomic E-state index is 0.216. The van der Waals surface area contributed by atoms with Gasteiger partial charge in [-0.05, 0) is 39.2 Å². The van der Waals surface area contributed by atoms with Gasteiger partial charge in [0.05, 0.1) is 11.8 Å². The van der Waals surface area contributed by atoms with Crippen LogP contribution in [0.2, 0.25) is 0 Å². The fourth-order valence-electron chi connectivity index (χ4n) is 3.70. The van der Waals surface area contributed by atoms with E-state index in [4.69, 9.17) is 0 Å². The van der Waals surface area contributed by atoms with E-state index in [1.165, 1.54) is 12.8 Å². The Labute approximate surface area is 114 Å². The number of aryl methyl sites for hydroxylation is 1. The summed E-state index contributed by atoms with van der Waals surface area (Å²) in [5, 5.41) is 4.28. The van der Waals surface area contributed by atoms with Gasteiger partial charge in [-0.15, -0.1) is 0 Å². The van der Waals surface area contributed by atoms with E-state index in [0.29, 0.717) is 17.9 Å². The van der Waals surface area contributed by atoms with E-state index in [9.17, 15) is 4.79 Å². The lowest BCUT2D eigenvalue weighted by atomic mass is 9.86. The zero-order valence-electron chi connectivity index (χ0n) is 11.9. The Morgan fingerprint density at radius 1 is 1.37 bits per heavy atom. The van der Waals surface area contributed by atoms with Crippen LogP contribution in [0.5, 0.6) is 0 Å². The maximum atomic E-state index is 12.6. The zero-order valence-corrected chi connectivity index (χ0v) is 11.9. The van der Waals surface area contributed by atoms with Crippen molar-refractivity contribution in [2.75, 3.05) is 7.05 Å². The van der Waals surface area contributed by atoms with Crippen molar-refractivity contribution < 1.29 is 4.79 Å². The molecule has 19 heavy (non-hydrogen) atoms. The lowest BCUT2D eigenvalue weighted by molar-refractivity contribution is 0.0767. The molecular formula is C15H23N3O. The number of rotatable bonds is 4. The molecule has 4 heteroatoms. The Bertz CT molecular complexity index is 454. The normalized spacial score (nSPS) is 30.7. The Morgan fingerprint density at radius 2 is 2.05 bits per heavy atom. The maximum Gasteiger partial charge on any atom is 0.169 e. The molecule has 0 radical (unpaired) electrons. The van der Waals surface area contributed by atoms with E-state index >= 15 is 0 Å². The molecule has 1 aromatic rings. The van der Waals surface area contributed by atoms with Gasteiger partial charge >= 0.3 is 0 Å². The SMILES string of the molecule is CCCn1cc(C(=O)C2CC3CCC(C2)N3C)cn1. The van der Waals surface area contributed by atoms with Crippen LogP contribution in [-0.2, 0) is 6.54 Å². The molecular weight excluding hydrogens is 238 g/mol. The van der Waals surface area contributed by atoms with Crippen LogP contribution in [0, 0.1) is 5.92 Å². The first kappa shape index (κ1) is 12.9. The fraction of sp³-hybridized carbons (Fsp3) is 0.733. The molecule has 0 N–H and O–H groups in total. The molecule has 2 atom stereocenters. The highest BCUT2D eigenvalue weighted by atomic mass is 16.1. The Morgan fingerprint density at radius 3 is 2.68 bits per heavy atom. The molecule has 4 nitrogen and oxygen atoms in total. The number of aromatic nitrogens is 2. The lowest BCUT2D eigenvalue weighted by Gasteiger charge is -2.35. The van der Waals surface area contributed by atoms with Gasteiger partial charge in [-0.3, -0.25) is 9.48 Å². The third kappa shape index (κ3) is 2.34. The van der Waals surface area contributed by atoms with E-state index < -0.39 is 0 Å². The molecule has 3 rings (SSSR count). The highest BCUT2D eigenvalue weighted by Crippen LogP contribution is 2.38. The van der Waals surface area contributed by atoms with Crippen molar-refractivity contribution >= 4 is 5.78 Å². The molecule has 104 valence electrons. The smallest absolute Gasteiger partial charge is 0.169 e. The monoisotopic (exact) mass is 261 g/mol. The number of fused-ring (bicyclic) bond motifs is 2. The molecule has 2 aliphatic rings. The van der Waals surface area contributed by atoms with E-state index in [1.807, 2.05) is 10.9 Å². The van der Waals surface area contributed by atoms with Gasteiger partial charge in [0.1, 0.15) is 0 Å². The summed E-state index contributed by atoms with van der Waals surface area (Å²) in [7, 11) is 2.21. The Kier molecular flexibility index (Phi) is 3.44. The van der Waals surface area contributed by atoms with E-state index in [2.05, 4.69) is 24.0 Å². The summed E-state index contributed by atoms with van der Waals surface area (Å²) in [6, 6.07) is 1.25. The minimum atomic E-state index is 0.216. The zero-order chi connectivity index (χ0) is 13.4. The first-order valence-electron chi connectivity index (χ1n) is 7.47. The van der Waals surface area contributed by atoms with Gasteiger partial charge in [0.25, 0.3) is 0 Å². The van der Waals surface area contributed by atoms with Crippen LogP contribution in [0.4, 0.5) is 0 Å². The Hall–Kier alpha value is -1.16. The number of hydrogen-bond donors (Lipinski definition) is 0. The first-order valence-corrected chi connectivity index (χ1v) is 7.47. The number of Topliss-reactive ketones (excluding diaryl/α,β-unsaturated/α-hetero) is 1. The van der Waals surface area contributed by atoms with E-state index in [1.54, 1.807) is 6.20 Å². The number of ketones is 1. The molecule has 2 aliphatic heterocycles. The molecule has 0 aliphatic carbocycles. The molecule has 1 aromatic heterocycles. The second-order valence-corrected chi connectivity index (χ2v) is 6.08. The largest absolute Gasteiger partial charge is 0.300 e. The topological polar surface area (TPSA) is 38.1 Å². The van der Waals surface area contributed by atoms with Crippen LogP contribution in [-0.4, -0.2) is 39.6 Å². The number of carbonyl (C=O) groups is 1. The molecule has 2 unspecified atom stereocenters. The lowest BCUT2D eigenvalue weighted by Crippen LogP contribution is -2.42. The standard InChI is InChI=1S/C15H23N3O/c1-3-6-18-10-12(9-16-18)15(19)11-7-13-4-5-14(8-11)17(13)2/h9-11,13-14H,3-8H2,1-2H3. The van der Waals surface area contributed by atoms with Gasteiger partial charge in [-0.1, -0.05) is 6.92 Å². The van der Waals surface area contributed by atoms with Crippen molar-refractivity contribution in [1.29, 1.82) is 0 Å². The predicted octanol–water partition coefficient (Wildman–Crippen LogP) is 2.35. The van der Waals surface area contributed by atoms with Crippen LogP contribution in [0.25, 0.3) is 0 Å². The second-order valence-electron chi connectivity index (χ2n) is 6.08. The first-order chi connectivity index (χ1) is 9.19. The fourth-order valence-corrected chi connectivity index (χ4v) is 3.70. The summed E-state index contributed by atoms with van der Waals surface area (Å²) in [6.07, 6.45) is 9.31. The molecule has 2 bridgehead atoms. The van der Waals surface area contributed by atoms with Gasteiger partial charge in [-0.25, -0.2) is 0 Å². The van der Waals surface area contributed by atoms with Gasteiger partial charge in [-0.2, -0.15) is 5.10 Å². The summed E-state index contributed by atoms with van der Waals surface area (Å²) >= 11 is 0. The summed E-state index contributed by atoms with van der Waals surface area (Å²) in [6.45, 7) is 3.02. The number of nitrogens with zero attached hydrogens (tertiary/aromatic N) is 3. The highest BCUT2D eigenvalue weighted by Gasteiger charge is 2.41. The van der Waals surface area contributed by atoms with Gasteiger partial charge in [0.2, 0.25) is 0 Å². The number of hydrogen-bond acceptors (Lipinski definition) is 3. The molecule has 0 spiro atoms. The summed E-state index contributed by atoms with van der Waals surface area (Å²) < 4.78 is 1.89. The third-order valence-electron chi connectivity index (χ3n) is 4.84. The van der Waals surface area contributed by atoms with Crippen molar-refractivity contribution in [3.05, 3.63) is 18.0 Å². The van der Waals surface area contributed by atoms with Crippen LogP contribution in [0.3, 0.4) is 0 Å². The average molecular weight is 261 g/mol. The molecule has 0 saturated carbocycles. The molecule has 2 fully saturated rings. The molecule has 0 amide bonds. The average Bonchev–Trinajstić information content (AvgIpc) is 2.91. The van der Waals surface area contributed by atoms with Crippen molar-refractivity contribution in [3.8, 4) is 0 Å². The van der Waals surface area contributed by atoms with Crippen molar-refractivity contribution in [1.82, 2.24) is 14.7 Å². The number of piperidine rings is 1. The summed E-state index contributed by atoms with van der Waals surface area (Å²) in [5.41, 5.74) is 0.808. The van der Waals surface area contributed by atoms with Gasteiger partial charge in [0, 0.05) is 30.7 Å². The second kappa shape index (κ2) is 5.08. The Balaban J connectivity index is 1.70. The van der Waals surface area contributed by atoms with Crippen molar-refractivity contribution in [2.45, 2.75) is 57.7 Å². The predicted molar refractivity (Wildman–Crippen MR) is 74.1 cm³/mol. The molecule has 3 heterocycles. The third-order valence-corrected chi connectivity index (χ3v) is 4.84. The van der Waals surface area contributed by atoms with Crippen molar-refractivity contribution in [3.63, 3.8) is 0 Å². The van der Waals surface area contributed by atoms with Gasteiger partial charge < -0.3 is 4.90 Å². The quantitative estimate of drug-likeness (QED) is 0.781. The number of carbonyl (C=O) groups excluding carboxylic acids is 1. The highest BCUT2D eigenvalue weighted by molar-refractivity contribution is 5.97. The van der Waals surface area contributed by atoms with Gasteiger partial charge in [0.15, 0.2) is 5.78 Å². The molecule has 2 saturated heterocycles. The van der Waals surface area contributed by atoms with Crippen molar-refractivity contribution in [2.24, 2.45) is 5.92 Å². The van der Waals surface area contributed by atoms with Crippen LogP contribution in [0.15, 0.2) is 12.4 Å². The minimum Gasteiger partial charge on any atom is -0.300 e. The molecule has 0 aromatic carbocycles. The van der Waals surface area contributed by atoms with E-state index in [0.717, 1.165) is 31.4 Å². The van der Waals surface area contributed by atoms with E-state index in [-0.39, 0.29) is 5.92 Å². The van der Waals surface area contributed by atoms with Crippen LogP contribution >= 0.6 is 0 Å². The maximum absolute atomic E-state index is 12.6. The van der Waals surface area contributed by atoms with Crippen LogP contribution < -0.4 is 0 Å².